The standard InChI is InChI=1S/C55H100O6/c1-4-7-10-13-16-19-22-24-26-28-30-31-33-36-39-42-45-48-54(57)60-51-52(50-59-53(56)47-44-41-38-35-21-18-15-12-9-6-3)61-55(58)49-46-43-40-37-34-32-29-27-25-23-20-17-14-11-8-5-2/h8,11,17,20,25,27,52H,4-7,9-10,12-16,18-19,21-24,26,28-51H2,1-3H3/b11-8-,20-17-,27-25-. The summed E-state index contributed by atoms with van der Waals surface area (Å²) in [5, 5.41) is 0. The maximum Gasteiger partial charge on any atom is 0.306 e. The van der Waals surface area contributed by atoms with Gasteiger partial charge in [-0.3, -0.25) is 14.4 Å². The molecule has 61 heavy (non-hydrogen) atoms. The van der Waals surface area contributed by atoms with Crippen LogP contribution in [0.4, 0.5) is 0 Å². The number of hydrogen-bond acceptors (Lipinski definition) is 6. The minimum atomic E-state index is -0.773. The van der Waals surface area contributed by atoms with E-state index in [1.54, 1.807) is 0 Å². The number of hydrogen-bond donors (Lipinski definition) is 0. The van der Waals surface area contributed by atoms with Crippen LogP contribution in [0.15, 0.2) is 36.5 Å². The summed E-state index contributed by atoms with van der Waals surface area (Å²) in [5.41, 5.74) is 0. The maximum absolute atomic E-state index is 12.8. The van der Waals surface area contributed by atoms with E-state index < -0.39 is 6.10 Å². The van der Waals surface area contributed by atoms with Crippen LogP contribution in [0.1, 0.15) is 278 Å². The lowest BCUT2D eigenvalue weighted by atomic mass is 10.0. The molecule has 0 aromatic heterocycles. The van der Waals surface area contributed by atoms with E-state index in [2.05, 4.69) is 57.2 Å². The van der Waals surface area contributed by atoms with Crippen molar-refractivity contribution in [3.63, 3.8) is 0 Å². The zero-order chi connectivity index (χ0) is 44.4. The Morgan fingerprint density at radius 1 is 0.344 bits per heavy atom. The fraction of sp³-hybridized carbons (Fsp3) is 0.836. The molecule has 0 saturated carbocycles. The molecule has 0 fully saturated rings. The molecule has 0 rings (SSSR count). The Morgan fingerprint density at radius 2 is 0.639 bits per heavy atom. The van der Waals surface area contributed by atoms with Gasteiger partial charge in [0.1, 0.15) is 13.2 Å². The minimum Gasteiger partial charge on any atom is -0.462 e. The van der Waals surface area contributed by atoms with Crippen LogP contribution in [0.3, 0.4) is 0 Å². The molecule has 0 spiro atoms. The summed E-state index contributed by atoms with van der Waals surface area (Å²) < 4.78 is 16.8. The third-order valence-corrected chi connectivity index (χ3v) is 11.7. The molecule has 0 aliphatic carbocycles. The van der Waals surface area contributed by atoms with Crippen molar-refractivity contribution in [2.45, 2.75) is 284 Å². The van der Waals surface area contributed by atoms with Gasteiger partial charge in [-0.2, -0.15) is 0 Å². The molecule has 0 N–H and O–H groups in total. The summed E-state index contributed by atoms with van der Waals surface area (Å²) in [7, 11) is 0. The van der Waals surface area contributed by atoms with E-state index in [1.807, 2.05) is 0 Å². The number of carbonyl (C=O) groups is 3. The first kappa shape index (κ1) is 58.6. The highest BCUT2D eigenvalue weighted by molar-refractivity contribution is 5.71. The molecule has 0 radical (unpaired) electrons. The monoisotopic (exact) mass is 857 g/mol. The summed E-state index contributed by atoms with van der Waals surface area (Å²) in [5.74, 6) is -0.875. The summed E-state index contributed by atoms with van der Waals surface area (Å²) in [6.45, 7) is 6.53. The zero-order valence-electron chi connectivity index (χ0n) is 40.7. The Labute approximate surface area is 378 Å². The molecule has 0 aliphatic rings. The molecule has 356 valence electrons. The van der Waals surface area contributed by atoms with Gasteiger partial charge in [0.25, 0.3) is 0 Å². The molecule has 0 aromatic carbocycles. The number of esters is 3. The summed E-state index contributed by atoms with van der Waals surface area (Å²) in [4.78, 5) is 37.9. The highest BCUT2D eigenvalue weighted by Crippen LogP contribution is 2.16. The molecule has 0 aromatic rings. The second-order valence-electron chi connectivity index (χ2n) is 17.8. The Balaban J connectivity index is 4.32. The van der Waals surface area contributed by atoms with Gasteiger partial charge in [0.15, 0.2) is 6.10 Å². The third kappa shape index (κ3) is 48.5. The van der Waals surface area contributed by atoms with Gasteiger partial charge in [0, 0.05) is 19.3 Å². The van der Waals surface area contributed by atoms with Crippen molar-refractivity contribution < 1.29 is 28.6 Å². The van der Waals surface area contributed by atoms with Gasteiger partial charge in [-0.25, -0.2) is 0 Å². The molecule has 0 amide bonds. The van der Waals surface area contributed by atoms with Gasteiger partial charge in [0.05, 0.1) is 0 Å². The predicted molar refractivity (Wildman–Crippen MR) is 261 cm³/mol. The van der Waals surface area contributed by atoms with Crippen LogP contribution in [-0.4, -0.2) is 37.2 Å². The average molecular weight is 857 g/mol. The summed E-state index contributed by atoms with van der Waals surface area (Å²) in [6, 6.07) is 0. The first-order chi connectivity index (χ1) is 30.0. The molecular weight excluding hydrogens is 757 g/mol. The number of unbranched alkanes of at least 4 members (excludes halogenated alkanes) is 31. The molecule has 0 aliphatic heterocycles. The fourth-order valence-electron chi connectivity index (χ4n) is 7.69. The van der Waals surface area contributed by atoms with Crippen molar-refractivity contribution in [2.24, 2.45) is 0 Å². The molecule has 1 atom stereocenters. The van der Waals surface area contributed by atoms with Crippen molar-refractivity contribution in [2.75, 3.05) is 13.2 Å². The Bertz CT molecular complexity index is 1030. The van der Waals surface area contributed by atoms with Crippen molar-refractivity contribution in [1.82, 2.24) is 0 Å². The third-order valence-electron chi connectivity index (χ3n) is 11.7. The number of carbonyl (C=O) groups excluding carboxylic acids is 3. The zero-order valence-corrected chi connectivity index (χ0v) is 40.7. The largest absolute Gasteiger partial charge is 0.462 e. The molecular formula is C55H100O6. The molecule has 0 bridgehead atoms. The van der Waals surface area contributed by atoms with Crippen molar-refractivity contribution in [3.05, 3.63) is 36.5 Å². The van der Waals surface area contributed by atoms with E-state index in [0.29, 0.717) is 19.3 Å². The minimum absolute atomic E-state index is 0.0733. The van der Waals surface area contributed by atoms with E-state index in [1.165, 1.54) is 154 Å². The highest BCUT2D eigenvalue weighted by atomic mass is 16.6. The highest BCUT2D eigenvalue weighted by Gasteiger charge is 2.19. The first-order valence-electron chi connectivity index (χ1n) is 26.5. The SMILES string of the molecule is CC/C=C\C/C=C\C/C=C\CCCCCCCCC(=O)OC(COC(=O)CCCCCCCCCCCC)COC(=O)CCCCCCCCCCCCCCCCCCC. The maximum atomic E-state index is 12.8. The van der Waals surface area contributed by atoms with Crippen LogP contribution in [-0.2, 0) is 28.6 Å². The van der Waals surface area contributed by atoms with Crippen LogP contribution in [0, 0.1) is 0 Å². The Morgan fingerprint density at radius 3 is 1.00 bits per heavy atom. The van der Waals surface area contributed by atoms with Gasteiger partial charge >= 0.3 is 17.9 Å². The average Bonchev–Trinajstić information content (AvgIpc) is 3.26. The molecule has 6 heteroatoms. The first-order valence-corrected chi connectivity index (χ1v) is 26.5. The lowest BCUT2D eigenvalue weighted by Gasteiger charge is -2.18. The van der Waals surface area contributed by atoms with Gasteiger partial charge in [-0.15, -0.1) is 0 Å². The molecule has 6 nitrogen and oxygen atoms in total. The Hall–Kier alpha value is -2.37. The molecule has 0 heterocycles. The van der Waals surface area contributed by atoms with Gasteiger partial charge < -0.3 is 14.2 Å². The number of allylic oxidation sites excluding steroid dienone is 6. The van der Waals surface area contributed by atoms with Crippen LogP contribution >= 0.6 is 0 Å². The van der Waals surface area contributed by atoms with Crippen molar-refractivity contribution in [1.29, 1.82) is 0 Å². The van der Waals surface area contributed by atoms with Crippen LogP contribution in [0.25, 0.3) is 0 Å². The topological polar surface area (TPSA) is 78.9 Å². The van der Waals surface area contributed by atoms with E-state index in [0.717, 1.165) is 83.5 Å². The van der Waals surface area contributed by atoms with Gasteiger partial charge in [-0.1, -0.05) is 243 Å². The van der Waals surface area contributed by atoms with E-state index in [-0.39, 0.29) is 31.1 Å². The van der Waals surface area contributed by atoms with E-state index >= 15 is 0 Å². The van der Waals surface area contributed by atoms with Crippen molar-refractivity contribution in [3.8, 4) is 0 Å². The van der Waals surface area contributed by atoms with Crippen LogP contribution < -0.4 is 0 Å². The quantitative estimate of drug-likeness (QED) is 0.0262. The van der Waals surface area contributed by atoms with E-state index in [9.17, 15) is 14.4 Å². The normalized spacial score (nSPS) is 12.2. The second kappa shape index (κ2) is 50.3. The smallest absolute Gasteiger partial charge is 0.306 e. The van der Waals surface area contributed by atoms with E-state index in [4.69, 9.17) is 14.2 Å². The summed E-state index contributed by atoms with van der Waals surface area (Å²) >= 11 is 0. The fourth-order valence-corrected chi connectivity index (χ4v) is 7.69. The number of ether oxygens (including phenoxy) is 3. The lowest BCUT2D eigenvalue weighted by Crippen LogP contribution is -2.30. The van der Waals surface area contributed by atoms with Crippen molar-refractivity contribution >= 4 is 17.9 Å². The second-order valence-corrected chi connectivity index (χ2v) is 17.8. The van der Waals surface area contributed by atoms with Crippen LogP contribution in [0.5, 0.6) is 0 Å². The van der Waals surface area contributed by atoms with Gasteiger partial charge in [0.2, 0.25) is 0 Å². The van der Waals surface area contributed by atoms with Gasteiger partial charge in [-0.05, 0) is 51.4 Å². The Kier molecular flexibility index (Phi) is 48.3. The summed E-state index contributed by atoms with van der Waals surface area (Å²) in [6.07, 6.45) is 58.4. The number of rotatable bonds is 48. The molecule has 1 unspecified atom stereocenters. The van der Waals surface area contributed by atoms with Crippen LogP contribution in [0.2, 0.25) is 0 Å². The lowest BCUT2D eigenvalue weighted by molar-refractivity contribution is -0.167. The predicted octanol–water partition coefficient (Wildman–Crippen LogP) is 17.3. The molecule has 0 saturated heterocycles.